The largest absolute Gasteiger partial charge is 0.319 e. The van der Waals surface area contributed by atoms with Gasteiger partial charge in [-0.3, -0.25) is 4.90 Å². The molecule has 0 aliphatic carbocycles. The lowest BCUT2D eigenvalue weighted by Crippen LogP contribution is -2.44. The van der Waals surface area contributed by atoms with E-state index in [-0.39, 0.29) is 0 Å². The van der Waals surface area contributed by atoms with Gasteiger partial charge in [0, 0.05) is 31.7 Å². The second kappa shape index (κ2) is 6.55. The molecule has 2 aliphatic rings. The molecular formula is C16H33N3. The minimum Gasteiger partial charge on any atom is -0.319 e. The van der Waals surface area contributed by atoms with Crippen molar-refractivity contribution >= 4 is 0 Å². The Morgan fingerprint density at radius 1 is 1.21 bits per heavy atom. The van der Waals surface area contributed by atoms with Gasteiger partial charge < -0.3 is 10.2 Å². The highest BCUT2D eigenvalue weighted by atomic mass is 15.3. The second-order valence-corrected chi connectivity index (χ2v) is 7.17. The minimum absolute atomic E-state index is 0.436. The molecule has 3 nitrogen and oxygen atoms in total. The average molecular weight is 267 g/mol. The van der Waals surface area contributed by atoms with E-state index >= 15 is 0 Å². The summed E-state index contributed by atoms with van der Waals surface area (Å²) in [6.45, 7) is 9.76. The number of likely N-dealkylation sites (tertiary alicyclic amines) is 1. The third-order valence-electron chi connectivity index (χ3n) is 5.29. The van der Waals surface area contributed by atoms with Gasteiger partial charge in [0.1, 0.15) is 0 Å². The minimum atomic E-state index is 0.436. The molecule has 2 heterocycles. The Hall–Kier alpha value is -0.120. The number of nitrogens with zero attached hydrogens (tertiary/aromatic N) is 2. The quantitative estimate of drug-likeness (QED) is 0.796. The molecule has 0 aromatic carbocycles. The van der Waals surface area contributed by atoms with E-state index in [1.165, 1.54) is 51.7 Å². The summed E-state index contributed by atoms with van der Waals surface area (Å²) in [5.74, 6) is 0. The van der Waals surface area contributed by atoms with Crippen LogP contribution in [0.5, 0.6) is 0 Å². The van der Waals surface area contributed by atoms with Crippen molar-refractivity contribution in [3.63, 3.8) is 0 Å². The first-order valence-corrected chi connectivity index (χ1v) is 8.17. The van der Waals surface area contributed by atoms with Gasteiger partial charge >= 0.3 is 0 Å². The Labute approximate surface area is 119 Å². The van der Waals surface area contributed by atoms with Crippen molar-refractivity contribution in [2.75, 3.05) is 40.3 Å². The van der Waals surface area contributed by atoms with Gasteiger partial charge in [-0.25, -0.2) is 0 Å². The van der Waals surface area contributed by atoms with Gasteiger partial charge in [-0.2, -0.15) is 0 Å². The van der Waals surface area contributed by atoms with Crippen LogP contribution in [0, 0.1) is 5.41 Å². The standard InChI is InChI=1S/C16H33N3/c1-5-9-16(2,12-17-3)13-19-10-8-14-6-7-15(11-19)18(14)4/h14-15,17H,5-13H2,1-4H3. The molecular weight excluding hydrogens is 234 g/mol. The Morgan fingerprint density at radius 2 is 1.95 bits per heavy atom. The van der Waals surface area contributed by atoms with Crippen molar-refractivity contribution in [3.05, 3.63) is 0 Å². The van der Waals surface area contributed by atoms with E-state index in [0.29, 0.717) is 5.41 Å². The molecule has 0 amide bonds. The molecule has 0 radical (unpaired) electrons. The van der Waals surface area contributed by atoms with E-state index in [2.05, 4.69) is 43.1 Å². The molecule has 2 bridgehead atoms. The molecule has 112 valence electrons. The summed E-state index contributed by atoms with van der Waals surface area (Å²) in [6.07, 6.45) is 6.83. The number of rotatable bonds is 6. The van der Waals surface area contributed by atoms with Crippen LogP contribution in [0.2, 0.25) is 0 Å². The van der Waals surface area contributed by atoms with Gasteiger partial charge in [0.05, 0.1) is 0 Å². The Balaban J connectivity index is 1.94. The number of nitrogens with one attached hydrogen (secondary N) is 1. The molecule has 0 saturated carbocycles. The summed E-state index contributed by atoms with van der Waals surface area (Å²) >= 11 is 0. The number of fused-ring (bicyclic) bond motifs is 2. The molecule has 1 N–H and O–H groups in total. The molecule has 3 atom stereocenters. The fraction of sp³-hybridized carbons (Fsp3) is 1.00. The van der Waals surface area contributed by atoms with Gasteiger partial charge in [0.2, 0.25) is 0 Å². The fourth-order valence-electron chi connectivity index (χ4n) is 4.32. The summed E-state index contributed by atoms with van der Waals surface area (Å²) in [5, 5.41) is 3.40. The van der Waals surface area contributed by atoms with Gasteiger partial charge in [-0.1, -0.05) is 20.3 Å². The van der Waals surface area contributed by atoms with Crippen molar-refractivity contribution in [1.82, 2.24) is 15.1 Å². The van der Waals surface area contributed by atoms with Crippen molar-refractivity contribution < 1.29 is 0 Å². The van der Waals surface area contributed by atoms with Crippen LogP contribution in [0.15, 0.2) is 0 Å². The first kappa shape index (κ1) is 15.3. The molecule has 3 heteroatoms. The van der Waals surface area contributed by atoms with Crippen molar-refractivity contribution in [2.24, 2.45) is 5.41 Å². The smallest absolute Gasteiger partial charge is 0.0223 e. The van der Waals surface area contributed by atoms with Crippen LogP contribution in [0.25, 0.3) is 0 Å². The summed E-state index contributed by atoms with van der Waals surface area (Å²) < 4.78 is 0. The molecule has 2 fully saturated rings. The van der Waals surface area contributed by atoms with Crippen LogP contribution in [0.1, 0.15) is 46.0 Å². The third-order valence-corrected chi connectivity index (χ3v) is 5.29. The summed E-state index contributed by atoms with van der Waals surface area (Å²) in [7, 11) is 4.43. The lowest BCUT2D eigenvalue weighted by molar-refractivity contribution is 0.139. The van der Waals surface area contributed by atoms with Crippen LogP contribution in [0.3, 0.4) is 0 Å². The summed E-state index contributed by atoms with van der Waals surface area (Å²) in [5.41, 5.74) is 0.436. The maximum Gasteiger partial charge on any atom is 0.0223 e. The summed E-state index contributed by atoms with van der Waals surface area (Å²) in [6, 6.07) is 1.67. The Kier molecular flexibility index (Phi) is 5.27. The molecule has 2 saturated heterocycles. The van der Waals surface area contributed by atoms with Gasteiger partial charge in [-0.05, 0) is 51.7 Å². The number of likely N-dealkylation sites (N-methyl/N-ethyl adjacent to an activating group) is 1. The third kappa shape index (κ3) is 3.71. The van der Waals surface area contributed by atoms with E-state index in [1.54, 1.807) is 0 Å². The highest BCUT2D eigenvalue weighted by Gasteiger charge is 2.36. The molecule has 19 heavy (non-hydrogen) atoms. The fourth-order valence-corrected chi connectivity index (χ4v) is 4.32. The van der Waals surface area contributed by atoms with Gasteiger partial charge in [0.15, 0.2) is 0 Å². The Bertz CT molecular complexity index is 273. The topological polar surface area (TPSA) is 18.5 Å². The maximum atomic E-state index is 3.40. The first-order valence-electron chi connectivity index (χ1n) is 8.17. The SMILES string of the molecule is CCCC(C)(CNC)CN1CCC2CCC(C1)N2C. The van der Waals surface area contributed by atoms with Crippen molar-refractivity contribution in [1.29, 1.82) is 0 Å². The normalized spacial score (nSPS) is 32.2. The lowest BCUT2D eigenvalue weighted by atomic mass is 9.84. The molecule has 0 spiro atoms. The van der Waals surface area contributed by atoms with Crippen LogP contribution < -0.4 is 5.32 Å². The average Bonchev–Trinajstić information content (AvgIpc) is 2.58. The zero-order valence-corrected chi connectivity index (χ0v) is 13.4. The predicted molar refractivity (Wildman–Crippen MR) is 82.6 cm³/mol. The number of hydrogen-bond donors (Lipinski definition) is 1. The van der Waals surface area contributed by atoms with Gasteiger partial charge in [0.25, 0.3) is 0 Å². The van der Waals surface area contributed by atoms with Crippen LogP contribution >= 0.6 is 0 Å². The van der Waals surface area contributed by atoms with Gasteiger partial charge in [-0.15, -0.1) is 0 Å². The van der Waals surface area contributed by atoms with Crippen molar-refractivity contribution in [2.45, 2.75) is 58.0 Å². The lowest BCUT2D eigenvalue weighted by Gasteiger charge is -2.36. The predicted octanol–water partition coefficient (Wildman–Crippen LogP) is 2.18. The first-order chi connectivity index (χ1) is 9.08. The molecule has 2 aliphatic heterocycles. The summed E-state index contributed by atoms with van der Waals surface area (Å²) in [4.78, 5) is 5.39. The molecule has 0 aromatic heterocycles. The van der Waals surface area contributed by atoms with Crippen LogP contribution in [-0.2, 0) is 0 Å². The molecule has 3 unspecified atom stereocenters. The van der Waals surface area contributed by atoms with E-state index in [4.69, 9.17) is 0 Å². The van der Waals surface area contributed by atoms with E-state index < -0.39 is 0 Å². The molecule has 0 aromatic rings. The zero-order valence-electron chi connectivity index (χ0n) is 13.4. The van der Waals surface area contributed by atoms with Crippen LogP contribution in [-0.4, -0.2) is 62.2 Å². The molecule has 2 rings (SSSR count). The zero-order chi connectivity index (χ0) is 13.9. The number of hydrogen-bond acceptors (Lipinski definition) is 3. The van der Waals surface area contributed by atoms with Crippen LogP contribution in [0.4, 0.5) is 0 Å². The van der Waals surface area contributed by atoms with E-state index in [9.17, 15) is 0 Å². The Morgan fingerprint density at radius 3 is 2.63 bits per heavy atom. The maximum absolute atomic E-state index is 3.40. The highest BCUT2D eigenvalue weighted by Crippen LogP contribution is 2.31. The van der Waals surface area contributed by atoms with E-state index in [1.807, 2.05) is 0 Å². The van der Waals surface area contributed by atoms with Crippen molar-refractivity contribution in [3.8, 4) is 0 Å². The van der Waals surface area contributed by atoms with E-state index in [0.717, 1.165) is 18.6 Å². The highest BCUT2D eigenvalue weighted by molar-refractivity contribution is 4.92. The second-order valence-electron chi connectivity index (χ2n) is 7.17. The monoisotopic (exact) mass is 267 g/mol.